The molecule has 0 bridgehead atoms. The second kappa shape index (κ2) is 6.03. The summed E-state index contributed by atoms with van der Waals surface area (Å²) in [5.41, 5.74) is 0. The van der Waals surface area contributed by atoms with Crippen molar-refractivity contribution in [1.29, 1.82) is 0 Å². The molecule has 0 saturated carbocycles. The zero-order chi connectivity index (χ0) is 14.6. The molecule has 0 aliphatic heterocycles. The summed E-state index contributed by atoms with van der Waals surface area (Å²) in [5.74, 6) is 0.171. The second-order valence-corrected chi connectivity index (χ2v) is 6.00. The minimum Gasteiger partial charge on any atom is -0.481 e. The SMILES string of the molecule is CC(C)NC(=O)C(C)Oc1ccc(S(N)(=O)=O)cc1. The molecule has 0 saturated heterocycles. The molecular formula is C12H18N2O4S. The molecule has 0 heterocycles. The summed E-state index contributed by atoms with van der Waals surface area (Å²) in [4.78, 5) is 11.6. The number of rotatable bonds is 5. The van der Waals surface area contributed by atoms with E-state index in [1.807, 2.05) is 13.8 Å². The molecule has 106 valence electrons. The van der Waals surface area contributed by atoms with Gasteiger partial charge in [0.1, 0.15) is 5.75 Å². The number of benzene rings is 1. The third kappa shape index (κ3) is 4.88. The van der Waals surface area contributed by atoms with E-state index in [0.29, 0.717) is 5.75 Å². The summed E-state index contributed by atoms with van der Waals surface area (Å²) in [6.45, 7) is 5.32. The summed E-state index contributed by atoms with van der Waals surface area (Å²) in [5, 5.41) is 7.70. The minimum absolute atomic E-state index is 0.000801. The third-order valence-electron chi connectivity index (χ3n) is 2.27. The van der Waals surface area contributed by atoms with E-state index in [1.165, 1.54) is 24.3 Å². The average molecular weight is 286 g/mol. The predicted octanol–water partition coefficient (Wildman–Crippen LogP) is 0.626. The van der Waals surface area contributed by atoms with Crippen molar-refractivity contribution in [2.45, 2.75) is 37.8 Å². The average Bonchev–Trinajstić information content (AvgIpc) is 2.27. The maximum Gasteiger partial charge on any atom is 0.260 e. The molecule has 1 aromatic rings. The second-order valence-electron chi connectivity index (χ2n) is 4.44. The van der Waals surface area contributed by atoms with Gasteiger partial charge in [-0.05, 0) is 45.0 Å². The molecular weight excluding hydrogens is 268 g/mol. The van der Waals surface area contributed by atoms with Crippen LogP contribution >= 0.6 is 0 Å². The van der Waals surface area contributed by atoms with Gasteiger partial charge in [-0.15, -0.1) is 0 Å². The minimum atomic E-state index is -3.72. The van der Waals surface area contributed by atoms with Crippen molar-refractivity contribution in [3.05, 3.63) is 24.3 Å². The van der Waals surface area contributed by atoms with Crippen LogP contribution in [0.3, 0.4) is 0 Å². The first-order valence-electron chi connectivity index (χ1n) is 5.80. The fraction of sp³-hybridized carbons (Fsp3) is 0.417. The van der Waals surface area contributed by atoms with Gasteiger partial charge in [0, 0.05) is 6.04 Å². The number of nitrogens with one attached hydrogen (secondary N) is 1. The smallest absolute Gasteiger partial charge is 0.260 e. The number of nitrogens with two attached hydrogens (primary N) is 1. The van der Waals surface area contributed by atoms with E-state index in [9.17, 15) is 13.2 Å². The first-order chi connectivity index (χ1) is 8.70. The van der Waals surface area contributed by atoms with E-state index in [2.05, 4.69) is 5.32 Å². The van der Waals surface area contributed by atoms with Crippen molar-refractivity contribution in [3.8, 4) is 5.75 Å². The highest BCUT2D eigenvalue weighted by atomic mass is 32.2. The highest BCUT2D eigenvalue weighted by Crippen LogP contribution is 2.16. The number of ether oxygens (including phenoxy) is 1. The number of hydrogen-bond acceptors (Lipinski definition) is 4. The molecule has 6 nitrogen and oxygen atoms in total. The Kier molecular flexibility index (Phi) is 4.90. The summed E-state index contributed by atoms with van der Waals surface area (Å²) in [6, 6.07) is 5.61. The number of carbonyl (C=O) groups excluding carboxylic acids is 1. The number of primary sulfonamides is 1. The van der Waals surface area contributed by atoms with E-state index < -0.39 is 16.1 Å². The van der Waals surface area contributed by atoms with Crippen LogP contribution < -0.4 is 15.2 Å². The molecule has 19 heavy (non-hydrogen) atoms. The van der Waals surface area contributed by atoms with Crippen molar-refractivity contribution in [2.75, 3.05) is 0 Å². The lowest BCUT2D eigenvalue weighted by molar-refractivity contribution is -0.127. The Balaban J connectivity index is 2.71. The monoisotopic (exact) mass is 286 g/mol. The van der Waals surface area contributed by atoms with Crippen LogP contribution in [0.2, 0.25) is 0 Å². The fourth-order valence-electron chi connectivity index (χ4n) is 1.37. The topological polar surface area (TPSA) is 98.5 Å². The summed E-state index contributed by atoms with van der Waals surface area (Å²) in [7, 11) is -3.72. The lowest BCUT2D eigenvalue weighted by atomic mass is 10.3. The Labute approximate surface area is 113 Å². The van der Waals surface area contributed by atoms with Gasteiger partial charge in [-0.2, -0.15) is 0 Å². The third-order valence-corrected chi connectivity index (χ3v) is 3.19. The Morgan fingerprint density at radius 3 is 2.16 bits per heavy atom. The van der Waals surface area contributed by atoms with Crippen molar-refractivity contribution in [1.82, 2.24) is 5.32 Å². The Morgan fingerprint density at radius 2 is 1.74 bits per heavy atom. The highest BCUT2D eigenvalue weighted by Gasteiger charge is 2.15. The normalized spacial score (nSPS) is 13.1. The number of amides is 1. The zero-order valence-corrected chi connectivity index (χ0v) is 11.9. The van der Waals surface area contributed by atoms with Gasteiger partial charge in [0.2, 0.25) is 10.0 Å². The molecule has 0 radical (unpaired) electrons. The van der Waals surface area contributed by atoms with Gasteiger partial charge in [0.25, 0.3) is 5.91 Å². The van der Waals surface area contributed by atoms with E-state index >= 15 is 0 Å². The summed E-state index contributed by atoms with van der Waals surface area (Å²) >= 11 is 0. The van der Waals surface area contributed by atoms with Crippen LogP contribution in [0.4, 0.5) is 0 Å². The Bertz CT molecular complexity index is 537. The highest BCUT2D eigenvalue weighted by molar-refractivity contribution is 7.89. The van der Waals surface area contributed by atoms with Gasteiger partial charge in [0.15, 0.2) is 6.10 Å². The van der Waals surface area contributed by atoms with Crippen molar-refractivity contribution >= 4 is 15.9 Å². The van der Waals surface area contributed by atoms with Crippen molar-refractivity contribution in [2.24, 2.45) is 5.14 Å². The quantitative estimate of drug-likeness (QED) is 0.829. The molecule has 1 aromatic carbocycles. The maximum absolute atomic E-state index is 11.6. The molecule has 0 spiro atoms. The number of carbonyl (C=O) groups is 1. The Hall–Kier alpha value is -1.60. The lowest BCUT2D eigenvalue weighted by Crippen LogP contribution is -2.40. The van der Waals surface area contributed by atoms with Gasteiger partial charge >= 0.3 is 0 Å². The van der Waals surface area contributed by atoms with Crippen LogP contribution in [0.5, 0.6) is 5.75 Å². The molecule has 0 aliphatic carbocycles. The van der Waals surface area contributed by atoms with Gasteiger partial charge in [-0.3, -0.25) is 4.79 Å². The molecule has 0 aromatic heterocycles. The molecule has 0 fully saturated rings. The fourth-order valence-corrected chi connectivity index (χ4v) is 1.88. The molecule has 1 rings (SSSR count). The van der Waals surface area contributed by atoms with Crippen LogP contribution in [0.15, 0.2) is 29.2 Å². The van der Waals surface area contributed by atoms with Crippen molar-refractivity contribution in [3.63, 3.8) is 0 Å². The number of sulfonamides is 1. The van der Waals surface area contributed by atoms with Gasteiger partial charge in [-0.1, -0.05) is 0 Å². The largest absolute Gasteiger partial charge is 0.481 e. The first-order valence-corrected chi connectivity index (χ1v) is 7.34. The summed E-state index contributed by atoms with van der Waals surface area (Å²) < 4.78 is 27.5. The number of hydrogen-bond donors (Lipinski definition) is 2. The van der Waals surface area contributed by atoms with E-state index in [4.69, 9.17) is 9.88 Å². The Morgan fingerprint density at radius 1 is 1.21 bits per heavy atom. The van der Waals surface area contributed by atoms with Gasteiger partial charge in [0.05, 0.1) is 4.90 Å². The van der Waals surface area contributed by atoms with Gasteiger partial charge < -0.3 is 10.1 Å². The van der Waals surface area contributed by atoms with E-state index in [1.54, 1.807) is 6.92 Å². The molecule has 1 amide bonds. The zero-order valence-electron chi connectivity index (χ0n) is 11.1. The van der Waals surface area contributed by atoms with Crippen LogP contribution in [0, 0.1) is 0 Å². The van der Waals surface area contributed by atoms with E-state index in [0.717, 1.165) is 0 Å². The molecule has 1 unspecified atom stereocenters. The lowest BCUT2D eigenvalue weighted by Gasteiger charge is -2.16. The van der Waals surface area contributed by atoms with Gasteiger partial charge in [-0.25, -0.2) is 13.6 Å². The maximum atomic E-state index is 11.6. The molecule has 0 aliphatic rings. The predicted molar refractivity (Wildman–Crippen MR) is 71.2 cm³/mol. The molecule has 3 N–H and O–H groups in total. The van der Waals surface area contributed by atoms with Crippen molar-refractivity contribution < 1.29 is 17.9 Å². The van der Waals surface area contributed by atoms with Crippen LogP contribution in [0.25, 0.3) is 0 Å². The standard InChI is InChI=1S/C12H18N2O4S/c1-8(2)14-12(15)9(3)18-10-4-6-11(7-5-10)19(13,16)17/h4-9H,1-3H3,(H,14,15)(H2,13,16,17). The molecule has 1 atom stereocenters. The summed E-state index contributed by atoms with van der Waals surface area (Å²) in [6.07, 6.45) is -0.664. The van der Waals surface area contributed by atoms with Crippen LogP contribution in [-0.2, 0) is 14.8 Å². The first kappa shape index (κ1) is 15.5. The molecule has 7 heteroatoms. The van der Waals surface area contributed by atoms with Crippen LogP contribution in [0.1, 0.15) is 20.8 Å². The van der Waals surface area contributed by atoms with E-state index in [-0.39, 0.29) is 16.8 Å². The van der Waals surface area contributed by atoms with Crippen LogP contribution in [-0.4, -0.2) is 26.5 Å².